The molecule has 1 aliphatic rings. The van der Waals surface area contributed by atoms with Gasteiger partial charge in [0.25, 0.3) is 0 Å². The lowest BCUT2D eigenvalue weighted by Gasteiger charge is -2.40. The summed E-state index contributed by atoms with van der Waals surface area (Å²) < 4.78 is 0. The molecule has 0 aliphatic heterocycles. The van der Waals surface area contributed by atoms with E-state index in [4.69, 9.17) is 5.73 Å². The molecule has 0 aromatic rings. The number of urea groups is 1. The summed E-state index contributed by atoms with van der Waals surface area (Å²) in [6, 6.07) is -0.580. The molecule has 4 heteroatoms. The second kappa shape index (κ2) is 5.32. The maximum absolute atomic E-state index is 10.6. The Morgan fingerprint density at radius 2 is 2.31 bits per heavy atom. The molecule has 0 saturated heterocycles. The molecule has 1 unspecified atom stereocenters. The van der Waals surface area contributed by atoms with Crippen molar-refractivity contribution >= 4 is 11.7 Å². The van der Waals surface area contributed by atoms with Crippen LogP contribution in [0.3, 0.4) is 0 Å². The average molecular weight is 225 g/mol. The number of nitrogens with one attached hydrogen (secondary N) is 1. The van der Waals surface area contributed by atoms with Crippen molar-refractivity contribution in [2.45, 2.75) is 52.9 Å². The van der Waals surface area contributed by atoms with E-state index in [0.717, 1.165) is 24.5 Å². The molecule has 0 radical (unpaired) electrons. The first kappa shape index (κ1) is 13.0. The van der Waals surface area contributed by atoms with E-state index in [1.54, 1.807) is 0 Å². The van der Waals surface area contributed by atoms with Gasteiger partial charge in [0, 0.05) is 11.1 Å². The first-order valence-corrected chi connectivity index (χ1v) is 6.06. The van der Waals surface area contributed by atoms with Gasteiger partial charge in [-0.05, 0) is 25.2 Å². The van der Waals surface area contributed by atoms with E-state index in [-0.39, 0.29) is 5.41 Å². The van der Waals surface area contributed by atoms with Gasteiger partial charge >= 0.3 is 6.03 Å². The van der Waals surface area contributed by atoms with Crippen LogP contribution in [0.25, 0.3) is 0 Å². The van der Waals surface area contributed by atoms with Gasteiger partial charge in [0.05, 0.1) is 0 Å². The van der Waals surface area contributed by atoms with Gasteiger partial charge in [-0.1, -0.05) is 33.6 Å². The van der Waals surface area contributed by atoms with Gasteiger partial charge in [0.2, 0.25) is 0 Å². The molecule has 1 aliphatic carbocycles. The van der Waals surface area contributed by atoms with Gasteiger partial charge in [-0.25, -0.2) is 10.2 Å². The molecule has 0 spiro atoms. The van der Waals surface area contributed by atoms with Crippen molar-refractivity contribution in [2.24, 2.45) is 22.2 Å². The molecule has 1 rings (SSSR count). The van der Waals surface area contributed by atoms with Crippen LogP contribution in [-0.4, -0.2) is 11.7 Å². The van der Waals surface area contributed by atoms with Crippen molar-refractivity contribution in [1.29, 1.82) is 0 Å². The number of carbonyl (C=O) groups excluding carboxylic acids is 1. The maximum Gasteiger partial charge on any atom is 0.332 e. The smallest absolute Gasteiger partial charge is 0.332 e. The minimum Gasteiger partial charge on any atom is -0.350 e. The minimum absolute atomic E-state index is 0.192. The fourth-order valence-electron chi connectivity index (χ4n) is 2.15. The summed E-state index contributed by atoms with van der Waals surface area (Å²) >= 11 is 0. The van der Waals surface area contributed by atoms with E-state index in [1.165, 1.54) is 19.3 Å². The lowest BCUT2D eigenvalue weighted by molar-refractivity contribution is 0.248. The van der Waals surface area contributed by atoms with Crippen molar-refractivity contribution in [3.8, 4) is 0 Å². The zero-order valence-corrected chi connectivity index (χ0v) is 10.5. The summed E-state index contributed by atoms with van der Waals surface area (Å²) in [7, 11) is 0. The summed E-state index contributed by atoms with van der Waals surface area (Å²) in [4.78, 5) is 10.6. The Bertz CT molecular complexity index is 286. The van der Waals surface area contributed by atoms with Crippen LogP contribution in [0, 0.1) is 11.3 Å². The summed E-state index contributed by atoms with van der Waals surface area (Å²) in [6.45, 7) is 6.71. The normalized spacial score (nSPS) is 26.9. The lowest BCUT2D eigenvalue weighted by Crippen LogP contribution is -2.40. The molecule has 16 heavy (non-hydrogen) atoms. The predicted octanol–water partition coefficient (Wildman–Crippen LogP) is 2.64. The first-order valence-electron chi connectivity index (χ1n) is 6.06. The number of primary amides is 1. The number of amides is 2. The van der Waals surface area contributed by atoms with Crippen LogP contribution >= 0.6 is 0 Å². The van der Waals surface area contributed by atoms with Gasteiger partial charge in [-0.3, -0.25) is 0 Å². The number of carbonyl (C=O) groups is 1. The van der Waals surface area contributed by atoms with Crippen LogP contribution in [0.2, 0.25) is 0 Å². The Kier molecular flexibility index (Phi) is 4.33. The van der Waals surface area contributed by atoms with E-state index in [2.05, 4.69) is 31.3 Å². The molecule has 0 aromatic heterocycles. The van der Waals surface area contributed by atoms with Crippen molar-refractivity contribution in [2.75, 3.05) is 0 Å². The third-order valence-corrected chi connectivity index (χ3v) is 3.42. The van der Waals surface area contributed by atoms with Crippen molar-refractivity contribution < 1.29 is 4.79 Å². The van der Waals surface area contributed by atoms with Crippen LogP contribution in [0.4, 0.5) is 4.79 Å². The zero-order valence-electron chi connectivity index (χ0n) is 10.5. The van der Waals surface area contributed by atoms with Crippen LogP contribution in [0.15, 0.2) is 5.10 Å². The monoisotopic (exact) mass is 225 g/mol. The molecule has 2 amide bonds. The third-order valence-electron chi connectivity index (χ3n) is 3.42. The highest BCUT2D eigenvalue weighted by molar-refractivity contribution is 5.95. The quantitative estimate of drug-likeness (QED) is 0.694. The van der Waals surface area contributed by atoms with Gasteiger partial charge in [-0.2, -0.15) is 5.10 Å². The van der Waals surface area contributed by atoms with E-state index in [9.17, 15) is 4.79 Å². The fraction of sp³-hybridized carbons (Fsp3) is 0.833. The second-order valence-corrected chi connectivity index (χ2v) is 5.38. The van der Waals surface area contributed by atoms with Crippen LogP contribution in [0.1, 0.15) is 52.9 Å². The Hall–Kier alpha value is -1.06. The minimum atomic E-state index is -0.580. The van der Waals surface area contributed by atoms with Gasteiger partial charge in [0.1, 0.15) is 0 Å². The van der Waals surface area contributed by atoms with Gasteiger partial charge in [-0.15, -0.1) is 0 Å². The Morgan fingerprint density at radius 3 is 2.75 bits per heavy atom. The molecule has 0 bridgehead atoms. The Labute approximate surface area is 97.7 Å². The third kappa shape index (κ3) is 3.51. The molecule has 4 nitrogen and oxygen atoms in total. The molecule has 0 heterocycles. The summed E-state index contributed by atoms with van der Waals surface area (Å²) in [5, 5.41) is 4.07. The molecule has 1 saturated carbocycles. The SMILES string of the molecule is CC(C)CCCC1(C)CC/C1=N\NC(N)=O. The fourth-order valence-corrected chi connectivity index (χ4v) is 2.15. The number of rotatable bonds is 5. The van der Waals surface area contributed by atoms with E-state index < -0.39 is 6.03 Å². The lowest BCUT2D eigenvalue weighted by atomic mass is 9.65. The number of nitrogens with two attached hydrogens (primary N) is 1. The van der Waals surface area contributed by atoms with Crippen molar-refractivity contribution in [1.82, 2.24) is 5.43 Å². The average Bonchev–Trinajstić information content (AvgIpc) is 2.15. The van der Waals surface area contributed by atoms with Crippen molar-refractivity contribution in [3.63, 3.8) is 0 Å². The predicted molar refractivity (Wildman–Crippen MR) is 66.2 cm³/mol. The van der Waals surface area contributed by atoms with E-state index in [0.29, 0.717) is 0 Å². The summed E-state index contributed by atoms with van der Waals surface area (Å²) in [5.41, 5.74) is 8.60. The molecule has 92 valence electrons. The second-order valence-electron chi connectivity index (χ2n) is 5.38. The van der Waals surface area contributed by atoms with Gasteiger partial charge < -0.3 is 5.73 Å². The summed E-state index contributed by atoms with van der Waals surface area (Å²) in [5.74, 6) is 0.757. The summed E-state index contributed by atoms with van der Waals surface area (Å²) in [6.07, 6.45) is 5.79. The Morgan fingerprint density at radius 1 is 1.62 bits per heavy atom. The number of nitrogens with zero attached hydrogens (tertiary/aromatic N) is 1. The molecule has 3 N–H and O–H groups in total. The molecular formula is C12H23N3O. The number of hydrazone groups is 1. The highest BCUT2D eigenvalue weighted by Crippen LogP contribution is 2.42. The maximum atomic E-state index is 10.6. The molecule has 0 aromatic carbocycles. The topological polar surface area (TPSA) is 67.5 Å². The first-order chi connectivity index (χ1) is 7.44. The van der Waals surface area contributed by atoms with Crippen LogP contribution in [-0.2, 0) is 0 Å². The number of hydrogen-bond donors (Lipinski definition) is 2. The highest BCUT2D eigenvalue weighted by atomic mass is 16.2. The van der Waals surface area contributed by atoms with E-state index in [1.807, 2.05) is 0 Å². The highest BCUT2D eigenvalue weighted by Gasteiger charge is 2.38. The largest absolute Gasteiger partial charge is 0.350 e. The van der Waals surface area contributed by atoms with Crippen LogP contribution < -0.4 is 11.2 Å². The number of hydrogen-bond acceptors (Lipinski definition) is 2. The van der Waals surface area contributed by atoms with Crippen molar-refractivity contribution in [3.05, 3.63) is 0 Å². The molecule has 1 atom stereocenters. The van der Waals surface area contributed by atoms with E-state index >= 15 is 0 Å². The Balaban J connectivity index is 2.39. The van der Waals surface area contributed by atoms with Gasteiger partial charge in [0.15, 0.2) is 0 Å². The molecular weight excluding hydrogens is 202 g/mol. The zero-order chi connectivity index (χ0) is 12.2. The standard InChI is InChI=1S/C12H23N3O/c1-9(2)5-4-7-12(3)8-6-10(12)14-15-11(13)16/h9H,4-8H2,1-3H3,(H3,13,15,16)/b14-10+. The molecule has 1 fully saturated rings. The van der Waals surface area contributed by atoms with Crippen LogP contribution in [0.5, 0.6) is 0 Å².